The van der Waals surface area contributed by atoms with E-state index >= 15 is 0 Å². The van der Waals surface area contributed by atoms with E-state index < -0.39 is 27.4 Å². The third-order valence-electron chi connectivity index (χ3n) is 7.36. The van der Waals surface area contributed by atoms with E-state index in [1.54, 1.807) is 48.5 Å². The van der Waals surface area contributed by atoms with Crippen molar-refractivity contribution in [2.24, 2.45) is 0 Å². The Morgan fingerprint density at radius 2 is 1.63 bits per heavy atom. The first-order valence-corrected chi connectivity index (χ1v) is 16.4. The molecule has 1 unspecified atom stereocenters. The molecule has 0 saturated carbocycles. The minimum absolute atomic E-state index is 0.0458. The number of nitrogens with one attached hydrogen (secondary N) is 3. The number of carbonyl (C=O) groups excluding carboxylic acids is 2. The SMILES string of the molecule is CNC(=O)CC(NC(=O)c1coc2ccc(-c3ccc(OC)c(S(=O)(=O)NCc4ccccc4)c3)cc2c1=O)c1ccc(Br)cc1. The highest BCUT2D eigenvalue weighted by Crippen LogP contribution is 2.31. The highest BCUT2D eigenvalue weighted by atomic mass is 79.9. The summed E-state index contributed by atoms with van der Waals surface area (Å²) in [5, 5.41) is 5.46. The van der Waals surface area contributed by atoms with Gasteiger partial charge in [-0.1, -0.05) is 70.5 Å². The van der Waals surface area contributed by atoms with E-state index in [-0.39, 0.29) is 46.1 Å². The first-order chi connectivity index (χ1) is 22.1. The van der Waals surface area contributed by atoms with E-state index in [1.165, 1.54) is 26.3 Å². The fraction of sp³-hybridized carbons (Fsp3) is 0.147. The molecule has 10 nitrogen and oxygen atoms in total. The Morgan fingerprint density at radius 1 is 0.935 bits per heavy atom. The maximum Gasteiger partial charge on any atom is 0.258 e. The van der Waals surface area contributed by atoms with Crippen molar-refractivity contribution in [2.75, 3.05) is 14.2 Å². The van der Waals surface area contributed by atoms with Crippen molar-refractivity contribution >= 4 is 48.7 Å². The Bertz CT molecular complexity index is 2070. The number of hydrogen-bond donors (Lipinski definition) is 3. The van der Waals surface area contributed by atoms with Gasteiger partial charge in [-0.05, 0) is 58.7 Å². The van der Waals surface area contributed by atoms with Gasteiger partial charge in [0.15, 0.2) is 0 Å². The van der Waals surface area contributed by atoms with Crippen LogP contribution in [-0.2, 0) is 21.4 Å². The van der Waals surface area contributed by atoms with Crippen LogP contribution in [0.15, 0.2) is 116 Å². The maximum absolute atomic E-state index is 13.6. The molecule has 5 rings (SSSR count). The lowest BCUT2D eigenvalue weighted by molar-refractivity contribution is -0.121. The van der Waals surface area contributed by atoms with Crippen LogP contribution in [0, 0.1) is 0 Å². The van der Waals surface area contributed by atoms with Gasteiger partial charge in [-0.2, -0.15) is 0 Å². The number of amides is 2. The molecule has 0 aliphatic carbocycles. The first kappa shape index (κ1) is 32.6. The van der Waals surface area contributed by atoms with Crippen molar-refractivity contribution in [3.05, 3.63) is 129 Å². The summed E-state index contributed by atoms with van der Waals surface area (Å²) in [6.07, 6.45) is 1.05. The van der Waals surface area contributed by atoms with Gasteiger partial charge in [-0.25, -0.2) is 13.1 Å². The summed E-state index contributed by atoms with van der Waals surface area (Å²) in [7, 11) is -1.10. The van der Waals surface area contributed by atoms with Gasteiger partial charge < -0.3 is 19.8 Å². The van der Waals surface area contributed by atoms with Crippen LogP contribution in [0.3, 0.4) is 0 Å². The zero-order chi connectivity index (χ0) is 32.8. The quantitative estimate of drug-likeness (QED) is 0.169. The molecule has 1 heterocycles. The second kappa shape index (κ2) is 14.1. The van der Waals surface area contributed by atoms with Crippen molar-refractivity contribution < 1.29 is 27.2 Å². The van der Waals surface area contributed by atoms with E-state index in [4.69, 9.17) is 9.15 Å². The topological polar surface area (TPSA) is 144 Å². The molecule has 0 radical (unpaired) electrons. The predicted molar refractivity (Wildman–Crippen MR) is 178 cm³/mol. The Balaban J connectivity index is 1.46. The normalized spacial score (nSPS) is 12.0. The molecule has 46 heavy (non-hydrogen) atoms. The van der Waals surface area contributed by atoms with Crippen LogP contribution in [0.1, 0.15) is 33.9 Å². The number of sulfonamides is 1. The standard InChI is InChI=1S/C34H30BrN3O7S/c1-36-32(39)18-28(22-8-12-25(35)13-9-22)38-34(41)27-20-45-29-14-10-23(16-26(29)33(27)40)24-11-15-30(44-2)31(17-24)46(42,43)37-19-21-6-4-3-5-7-21/h3-17,20,28,37H,18-19H2,1-2H3,(H,36,39)(H,38,41). The molecule has 2 amide bonds. The molecule has 1 atom stereocenters. The molecule has 0 bridgehead atoms. The summed E-state index contributed by atoms with van der Waals surface area (Å²) in [5.41, 5.74) is 1.90. The molecule has 3 N–H and O–H groups in total. The molecule has 0 aliphatic rings. The monoisotopic (exact) mass is 703 g/mol. The van der Waals surface area contributed by atoms with Crippen molar-refractivity contribution in [1.82, 2.24) is 15.4 Å². The lowest BCUT2D eigenvalue weighted by Gasteiger charge is -2.18. The summed E-state index contributed by atoms with van der Waals surface area (Å²) < 4.78 is 41.1. The average Bonchev–Trinajstić information content (AvgIpc) is 3.07. The molecular weight excluding hydrogens is 674 g/mol. The molecular formula is C34H30BrN3O7S. The fourth-order valence-corrected chi connectivity index (χ4v) is 6.33. The van der Waals surface area contributed by atoms with Crippen LogP contribution >= 0.6 is 15.9 Å². The Labute approximate surface area is 274 Å². The second-order valence-electron chi connectivity index (χ2n) is 10.3. The third kappa shape index (κ3) is 7.36. The number of rotatable bonds is 11. The summed E-state index contributed by atoms with van der Waals surface area (Å²) >= 11 is 3.38. The zero-order valence-electron chi connectivity index (χ0n) is 24.9. The number of halogens is 1. The van der Waals surface area contributed by atoms with E-state index in [0.717, 1.165) is 16.3 Å². The molecule has 0 aliphatic heterocycles. The van der Waals surface area contributed by atoms with Gasteiger partial charge in [0.1, 0.15) is 28.1 Å². The van der Waals surface area contributed by atoms with Gasteiger partial charge in [-0.15, -0.1) is 0 Å². The largest absolute Gasteiger partial charge is 0.495 e. The van der Waals surface area contributed by atoms with Crippen LogP contribution in [0.5, 0.6) is 5.75 Å². The highest BCUT2D eigenvalue weighted by Gasteiger charge is 2.23. The van der Waals surface area contributed by atoms with Crippen molar-refractivity contribution in [2.45, 2.75) is 23.9 Å². The van der Waals surface area contributed by atoms with E-state index in [1.807, 2.05) is 30.3 Å². The Morgan fingerprint density at radius 3 is 2.33 bits per heavy atom. The molecule has 236 valence electrons. The fourth-order valence-electron chi connectivity index (χ4n) is 4.86. The maximum atomic E-state index is 13.6. The number of ether oxygens (including phenoxy) is 1. The lowest BCUT2D eigenvalue weighted by atomic mass is 10.0. The van der Waals surface area contributed by atoms with Crippen LogP contribution < -0.4 is 25.5 Å². The smallest absolute Gasteiger partial charge is 0.258 e. The number of carbonyl (C=O) groups is 2. The van der Waals surface area contributed by atoms with Crippen LogP contribution in [0.2, 0.25) is 0 Å². The second-order valence-corrected chi connectivity index (χ2v) is 13.0. The minimum atomic E-state index is -3.99. The summed E-state index contributed by atoms with van der Waals surface area (Å²) in [5.74, 6) is -0.847. The van der Waals surface area contributed by atoms with E-state index in [2.05, 4.69) is 31.3 Å². The summed E-state index contributed by atoms with van der Waals surface area (Å²) in [6, 6.07) is 25.0. The molecule has 0 fully saturated rings. The highest BCUT2D eigenvalue weighted by molar-refractivity contribution is 9.10. The molecule has 1 aromatic heterocycles. The van der Waals surface area contributed by atoms with Crippen molar-refractivity contribution in [3.8, 4) is 16.9 Å². The van der Waals surface area contributed by atoms with E-state index in [0.29, 0.717) is 16.7 Å². The number of fused-ring (bicyclic) bond motifs is 1. The number of hydrogen-bond acceptors (Lipinski definition) is 7. The van der Waals surface area contributed by atoms with Gasteiger partial charge >= 0.3 is 0 Å². The molecule has 0 spiro atoms. The molecule has 12 heteroatoms. The van der Waals surface area contributed by atoms with Gasteiger partial charge in [-0.3, -0.25) is 14.4 Å². The molecule has 0 saturated heterocycles. The first-order valence-electron chi connectivity index (χ1n) is 14.1. The van der Waals surface area contributed by atoms with Crippen molar-refractivity contribution in [3.63, 3.8) is 0 Å². The van der Waals surface area contributed by atoms with Gasteiger partial charge in [0.05, 0.1) is 25.0 Å². The van der Waals surface area contributed by atoms with Gasteiger partial charge in [0, 0.05) is 18.1 Å². The van der Waals surface area contributed by atoms with Gasteiger partial charge in [0.2, 0.25) is 21.4 Å². The van der Waals surface area contributed by atoms with Gasteiger partial charge in [0.25, 0.3) is 5.91 Å². The minimum Gasteiger partial charge on any atom is -0.495 e. The zero-order valence-corrected chi connectivity index (χ0v) is 27.3. The summed E-state index contributed by atoms with van der Waals surface area (Å²) in [6.45, 7) is 0.0875. The number of methoxy groups -OCH3 is 1. The lowest BCUT2D eigenvalue weighted by Crippen LogP contribution is -2.35. The van der Waals surface area contributed by atoms with Crippen molar-refractivity contribution in [1.29, 1.82) is 0 Å². The van der Waals surface area contributed by atoms with E-state index in [9.17, 15) is 22.8 Å². The average molecular weight is 705 g/mol. The molecule has 5 aromatic rings. The third-order valence-corrected chi connectivity index (χ3v) is 9.31. The molecule has 4 aromatic carbocycles. The summed E-state index contributed by atoms with van der Waals surface area (Å²) in [4.78, 5) is 39.1. The van der Waals surface area contributed by atoms with Crippen LogP contribution in [0.4, 0.5) is 0 Å². The van der Waals surface area contributed by atoms with Crippen LogP contribution in [0.25, 0.3) is 22.1 Å². The van der Waals surface area contributed by atoms with Crippen LogP contribution in [-0.4, -0.2) is 34.4 Å². The number of benzene rings is 4. The Hall–Kier alpha value is -4.78. The Kier molecular flexibility index (Phi) is 10.0. The predicted octanol–water partition coefficient (Wildman–Crippen LogP) is 5.32.